The minimum absolute atomic E-state index is 0.0586. The molecule has 6 fully saturated rings. The van der Waals surface area contributed by atoms with Gasteiger partial charge >= 0.3 is 0 Å². The number of rotatable bonds is 0. The summed E-state index contributed by atoms with van der Waals surface area (Å²) in [5, 5.41) is 10.9. The summed E-state index contributed by atoms with van der Waals surface area (Å²) in [6.45, 7) is 18.9. The van der Waals surface area contributed by atoms with E-state index < -0.39 is 0 Å². The fourth-order valence-electron chi connectivity index (χ4n) is 12.0. The Morgan fingerprint density at radius 3 is 2.16 bits per heavy atom. The van der Waals surface area contributed by atoms with Gasteiger partial charge in [0.1, 0.15) is 0 Å². The Morgan fingerprint density at radius 2 is 1.41 bits per heavy atom. The van der Waals surface area contributed by atoms with Crippen molar-refractivity contribution < 1.29 is 9.84 Å². The smallest absolute Gasteiger partial charge is 0.0663 e. The molecule has 1 saturated heterocycles. The van der Waals surface area contributed by atoms with Crippen LogP contribution in [0.2, 0.25) is 0 Å². The predicted octanol–water partition coefficient (Wildman–Crippen LogP) is 7.24. The zero-order chi connectivity index (χ0) is 22.9. The molecule has 1 heterocycles. The van der Waals surface area contributed by atoms with Crippen LogP contribution < -0.4 is 0 Å². The molecule has 0 unspecified atom stereocenters. The van der Waals surface area contributed by atoms with Gasteiger partial charge < -0.3 is 9.84 Å². The monoisotopic (exact) mass is 442 g/mol. The zero-order valence-corrected chi connectivity index (χ0v) is 22.1. The molecule has 0 spiro atoms. The summed E-state index contributed by atoms with van der Waals surface area (Å²) in [6, 6.07) is 0. The summed E-state index contributed by atoms with van der Waals surface area (Å²) >= 11 is 0. The number of aliphatic hydroxyl groups is 1. The highest BCUT2D eigenvalue weighted by Gasteiger charge is 2.72. The maximum atomic E-state index is 10.9. The normalized spacial score (nSPS) is 60.0. The van der Waals surface area contributed by atoms with Crippen LogP contribution in [0, 0.1) is 56.2 Å². The summed E-state index contributed by atoms with van der Waals surface area (Å²) < 4.78 is 6.71. The number of hydrogen-bond acceptors (Lipinski definition) is 2. The quantitative estimate of drug-likeness (QED) is 0.428. The van der Waals surface area contributed by atoms with E-state index in [1.165, 1.54) is 57.8 Å². The van der Waals surface area contributed by atoms with Crippen molar-refractivity contribution in [1.29, 1.82) is 0 Å². The summed E-state index contributed by atoms with van der Waals surface area (Å²) in [5.74, 6) is 3.11. The molecule has 0 aromatic rings. The van der Waals surface area contributed by atoms with Crippen molar-refractivity contribution >= 4 is 0 Å². The third-order valence-corrected chi connectivity index (χ3v) is 14.1. The second kappa shape index (κ2) is 6.37. The van der Waals surface area contributed by atoms with Gasteiger partial charge in [0.2, 0.25) is 0 Å². The lowest BCUT2D eigenvalue weighted by Gasteiger charge is -2.73. The Kier molecular flexibility index (Phi) is 4.46. The first-order chi connectivity index (χ1) is 14.8. The molecule has 1 aliphatic heterocycles. The Labute approximate surface area is 197 Å². The average molecular weight is 443 g/mol. The largest absolute Gasteiger partial charge is 0.393 e. The van der Waals surface area contributed by atoms with Crippen molar-refractivity contribution in [3.63, 3.8) is 0 Å². The highest BCUT2D eigenvalue weighted by Crippen LogP contribution is 2.78. The van der Waals surface area contributed by atoms with Crippen LogP contribution in [0.15, 0.2) is 0 Å². The van der Waals surface area contributed by atoms with E-state index in [0.29, 0.717) is 39.1 Å². The average Bonchev–Trinajstić information content (AvgIpc) is 3.05. The van der Waals surface area contributed by atoms with Crippen LogP contribution in [0.1, 0.15) is 113 Å². The van der Waals surface area contributed by atoms with Crippen LogP contribution in [0.3, 0.4) is 0 Å². The molecule has 1 N–H and O–H groups in total. The maximum absolute atomic E-state index is 10.9. The van der Waals surface area contributed by atoms with Crippen LogP contribution in [-0.4, -0.2) is 23.9 Å². The molecule has 0 radical (unpaired) electrons. The van der Waals surface area contributed by atoms with Crippen LogP contribution >= 0.6 is 0 Å². The van der Waals surface area contributed by atoms with Crippen LogP contribution in [0.25, 0.3) is 0 Å². The SMILES string of the molecule is CC1(C)CC[C@]23CC[C@]4(C)[C@@H](CC[C@H]5[C@@]6(C)CC[C@H](O)C(C)(C)[C@@H]6CC[C@]54C)[C@H]2[C@H]1OC3. The van der Waals surface area contributed by atoms with Gasteiger partial charge in [-0.25, -0.2) is 0 Å². The molecule has 6 aliphatic rings. The van der Waals surface area contributed by atoms with Crippen molar-refractivity contribution in [2.75, 3.05) is 6.61 Å². The lowest BCUT2D eigenvalue weighted by Crippen LogP contribution is -2.67. The van der Waals surface area contributed by atoms with Gasteiger partial charge in [-0.2, -0.15) is 0 Å². The van der Waals surface area contributed by atoms with Gasteiger partial charge in [-0.15, -0.1) is 0 Å². The van der Waals surface area contributed by atoms with Gasteiger partial charge in [0.25, 0.3) is 0 Å². The van der Waals surface area contributed by atoms with Crippen molar-refractivity contribution in [3.8, 4) is 0 Å². The number of hydrogen-bond donors (Lipinski definition) is 1. The topological polar surface area (TPSA) is 29.5 Å². The van der Waals surface area contributed by atoms with Crippen molar-refractivity contribution in [2.45, 2.75) is 125 Å². The minimum Gasteiger partial charge on any atom is -0.393 e. The number of fused-ring (bicyclic) bond motifs is 5. The molecule has 6 rings (SSSR count). The van der Waals surface area contributed by atoms with Crippen LogP contribution in [0.5, 0.6) is 0 Å². The lowest BCUT2D eigenvalue weighted by atomic mass is 9.31. The Morgan fingerprint density at radius 1 is 0.688 bits per heavy atom. The Hall–Kier alpha value is -0.0800. The summed E-state index contributed by atoms with van der Waals surface area (Å²) in [5.41, 5.74) is 2.16. The summed E-state index contributed by atoms with van der Waals surface area (Å²) in [6.07, 6.45) is 13.7. The van der Waals surface area contributed by atoms with Gasteiger partial charge in [0, 0.05) is 0 Å². The minimum atomic E-state index is -0.122. The van der Waals surface area contributed by atoms with Crippen molar-refractivity contribution in [2.24, 2.45) is 56.2 Å². The molecule has 182 valence electrons. The summed E-state index contributed by atoms with van der Waals surface area (Å²) in [4.78, 5) is 0. The fourth-order valence-corrected chi connectivity index (χ4v) is 12.0. The van der Waals surface area contributed by atoms with E-state index in [-0.39, 0.29) is 11.5 Å². The molecule has 2 heteroatoms. The lowest BCUT2D eigenvalue weighted by molar-refractivity contribution is -0.252. The first-order valence-electron chi connectivity index (χ1n) is 14.1. The van der Waals surface area contributed by atoms with Gasteiger partial charge in [-0.3, -0.25) is 0 Å². The van der Waals surface area contributed by atoms with Gasteiger partial charge in [-0.05, 0) is 120 Å². The molecule has 2 nitrogen and oxygen atoms in total. The predicted molar refractivity (Wildman–Crippen MR) is 130 cm³/mol. The molecule has 5 saturated carbocycles. The molecular formula is C30H50O2. The van der Waals surface area contributed by atoms with Crippen molar-refractivity contribution in [1.82, 2.24) is 0 Å². The third-order valence-electron chi connectivity index (χ3n) is 14.1. The molecule has 2 bridgehead atoms. The fraction of sp³-hybridized carbons (Fsp3) is 1.00. The molecule has 32 heavy (non-hydrogen) atoms. The first kappa shape index (κ1) is 22.4. The standard InChI is InChI=1S/C30H50O2/c1-25(2)14-16-30-17-15-28(6)19(23(30)24(25)32-18-30)8-9-21-27(5)12-11-22(31)26(3,4)20(27)10-13-29(21,28)7/h19-24,31H,8-18H2,1-7H3/t19-,20-,21-,22-,23-,24+,27-,28+,29+,30+/m0/s1. The second-order valence-corrected chi connectivity index (χ2v) is 15.7. The van der Waals surface area contributed by atoms with E-state index in [4.69, 9.17) is 4.74 Å². The highest BCUT2D eigenvalue weighted by atomic mass is 16.5. The van der Waals surface area contributed by atoms with Gasteiger partial charge in [0.15, 0.2) is 0 Å². The maximum Gasteiger partial charge on any atom is 0.0663 e. The van der Waals surface area contributed by atoms with E-state index in [1.54, 1.807) is 0 Å². The van der Waals surface area contributed by atoms with E-state index in [2.05, 4.69) is 48.5 Å². The highest BCUT2D eigenvalue weighted by molar-refractivity contribution is 5.21. The molecular weight excluding hydrogens is 392 g/mol. The van der Waals surface area contributed by atoms with E-state index in [0.717, 1.165) is 30.8 Å². The second-order valence-electron chi connectivity index (χ2n) is 15.7. The van der Waals surface area contributed by atoms with Crippen LogP contribution in [0.4, 0.5) is 0 Å². The first-order valence-corrected chi connectivity index (χ1v) is 14.1. The van der Waals surface area contributed by atoms with Gasteiger partial charge in [0.05, 0.1) is 18.8 Å². The van der Waals surface area contributed by atoms with Crippen LogP contribution in [-0.2, 0) is 4.74 Å². The van der Waals surface area contributed by atoms with E-state index >= 15 is 0 Å². The van der Waals surface area contributed by atoms with Gasteiger partial charge in [-0.1, -0.05) is 48.5 Å². The summed E-state index contributed by atoms with van der Waals surface area (Å²) in [7, 11) is 0. The molecule has 10 atom stereocenters. The Balaban J connectivity index is 1.39. The molecule has 0 aromatic carbocycles. The molecule has 0 amide bonds. The molecule has 5 aliphatic carbocycles. The zero-order valence-electron chi connectivity index (χ0n) is 22.1. The van der Waals surface area contributed by atoms with E-state index in [1.807, 2.05) is 0 Å². The molecule has 0 aromatic heterocycles. The third kappa shape index (κ3) is 2.41. The van der Waals surface area contributed by atoms with Crippen molar-refractivity contribution in [3.05, 3.63) is 0 Å². The Bertz CT molecular complexity index is 801. The number of aliphatic hydroxyl groups excluding tert-OH is 1. The number of ether oxygens (including phenoxy) is 1. The van der Waals surface area contributed by atoms with E-state index in [9.17, 15) is 5.11 Å².